The zero-order valence-electron chi connectivity index (χ0n) is 16.7. The van der Waals surface area contributed by atoms with Gasteiger partial charge in [0, 0.05) is 10.9 Å². The Kier molecular flexibility index (Phi) is 7.33. The van der Waals surface area contributed by atoms with E-state index in [2.05, 4.69) is 15.9 Å². The molecule has 1 saturated heterocycles. The summed E-state index contributed by atoms with van der Waals surface area (Å²) in [6.45, 7) is 0.0682. The number of hydrogen-bond acceptors (Lipinski definition) is 3. The molecule has 6 nitrogen and oxygen atoms in total. The molecule has 164 valence electrons. The van der Waals surface area contributed by atoms with Gasteiger partial charge in [-0.25, -0.2) is 14.0 Å². The lowest BCUT2D eigenvalue weighted by Crippen LogP contribution is -2.53. The number of carboxylic acids is 1. The monoisotopic (exact) mass is 491 g/mol. The van der Waals surface area contributed by atoms with E-state index in [0.29, 0.717) is 28.6 Å². The number of likely N-dealkylation sites (tertiary alicyclic amines) is 1. The summed E-state index contributed by atoms with van der Waals surface area (Å²) in [7, 11) is 0. The number of ether oxygens (including phenoxy) is 1. The number of alkyl halides is 1. The van der Waals surface area contributed by atoms with Gasteiger partial charge < -0.3 is 14.9 Å². The molecule has 1 aliphatic heterocycles. The molecule has 31 heavy (non-hydrogen) atoms. The number of rotatable bonds is 8. The standard InChI is InChI=1S/C23H23BrFNO5/c24-14-4-3-12-23(21(27)28)13-11-20(26(23)22(29)30)16-7-9-18(10-8-16)31-15-17-5-1-2-6-19(17)25/h1-10,20H,11-15H2,(H,27,28)(H,29,30)/b4-3-/t20-,23+/m1/s1. The molecule has 0 aliphatic carbocycles. The van der Waals surface area contributed by atoms with Crippen LogP contribution in [0.2, 0.25) is 0 Å². The van der Waals surface area contributed by atoms with Gasteiger partial charge in [-0.1, -0.05) is 58.4 Å². The molecular formula is C23H23BrFNO5. The van der Waals surface area contributed by atoms with Crippen LogP contribution in [0.3, 0.4) is 0 Å². The summed E-state index contributed by atoms with van der Waals surface area (Å²) in [5, 5.41) is 20.3. The highest BCUT2D eigenvalue weighted by Gasteiger charge is 2.54. The summed E-state index contributed by atoms with van der Waals surface area (Å²) < 4.78 is 19.4. The molecule has 2 aromatic rings. The fraction of sp³-hybridized carbons (Fsp3) is 0.304. The minimum atomic E-state index is -1.50. The maximum atomic E-state index is 13.7. The Morgan fingerprint density at radius 3 is 2.48 bits per heavy atom. The average molecular weight is 492 g/mol. The van der Waals surface area contributed by atoms with E-state index in [1.165, 1.54) is 6.07 Å². The van der Waals surface area contributed by atoms with E-state index in [1.54, 1.807) is 54.6 Å². The number of nitrogens with zero attached hydrogens (tertiary/aromatic N) is 1. The molecule has 0 radical (unpaired) electrons. The maximum Gasteiger partial charge on any atom is 0.408 e. The number of benzene rings is 2. The zero-order valence-corrected chi connectivity index (χ0v) is 18.3. The molecular weight excluding hydrogens is 469 g/mol. The van der Waals surface area contributed by atoms with Gasteiger partial charge in [-0.2, -0.15) is 0 Å². The second-order valence-corrected chi connectivity index (χ2v) is 7.97. The first-order chi connectivity index (χ1) is 14.9. The summed E-state index contributed by atoms with van der Waals surface area (Å²) in [6, 6.07) is 12.6. The Morgan fingerprint density at radius 2 is 1.87 bits per heavy atom. The van der Waals surface area contributed by atoms with E-state index in [0.717, 1.165) is 4.90 Å². The van der Waals surface area contributed by atoms with Gasteiger partial charge in [0.05, 0.1) is 6.04 Å². The van der Waals surface area contributed by atoms with Crippen molar-refractivity contribution in [1.29, 1.82) is 0 Å². The number of carboxylic acid groups (broad SMARTS) is 2. The summed E-state index contributed by atoms with van der Waals surface area (Å²) in [5.41, 5.74) is -0.384. The number of aliphatic carboxylic acids is 1. The molecule has 0 unspecified atom stereocenters. The molecule has 1 aliphatic rings. The van der Waals surface area contributed by atoms with E-state index >= 15 is 0 Å². The highest BCUT2D eigenvalue weighted by Crippen LogP contribution is 2.45. The van der Waals surface area contributed by atoms with Crippen molar-refractivity contribution in [2.24, 2.45) is 0 Å². The summed E-state index contributed by atoms with van der Waals surface area (Å²) in [6.07, 6.45) is 2.91. The highest BCUT2D eigenvalue weighted by molar-refractivity contribution is 9.09. The maximum absolute atomic E-state index is 13.7. The fourth-order valence-electron chi connectivity index (χ4n) is 3.96. The van der Waals surface area contributed by atoms with Crippen molar-refractivity contribution < 1.29 is 28.9 Å². The molecule has 1 amide bonds. The normalized spacial score (nSPS) is 20.8. The topological polar surface area (TPSA) is 87.1 Å². The minimum absolute atomic E-state index is 0.0682. The molecule has 0 aromatic heterocycles. The third kappa shape index (κ3) is 4.90. The van der Waals surface area contributed by atoms with Crippen LogP contribution < -0.4 is 4.74 Å². The molecule has 0 spiro atoms. The van der Waals surface area contributed by atoms with E-state index < -0.39 is 23.6 Å². The van der Waals surface area contributed by atoms with E-state index in [4.69, 9.17) is 4.74 Å². The van der Waals surface area contributed by atoms with Gasteiger partial charge >= 0.3 is 12.1 Å². The van der Waals surface area contributed by atoms with Crippen LogP contribution in [0.15, 0.2) is 60.7 Å². The molecule has 1 heterocycles. The molecule has 2 atom stereocenters. The van der Waals surface area contributed by atoms with E-state index in [-0.39, 0.29) is 25.3 Å². The second-order valence-electron chi connectivity index (χ2n) is 7.32. The van der Waals surface area contributed by atoms with E-state index in [1.807, 2.05) is 0 Å². The predicted molar refractivity (Wildman–Crippen MR) is 117 cm³/mol. The number of hydrogen-bond donors (Lipinski definition) is 2. The second kappa shape index (κ2) is 9.96. The Labute approximate surface area is 188 Å². The van der Waals surface area contributed by atoms with Crippen LogP contribution in [0.1, 0.15) is 36.4 Å². The first-order valence-electron chi connectivity index (χ1n) is 9.82. The van der Waals surface area contributed by atoms with Gasteiger partial charge in [-0.05, 0) is 43.0 Å². The minimum Gasteiger partial charge on any atom is -0.489 e. The third-order valence-electron chi connectivity index (χ3n) is 5.54. The predicted octanol–water partition coefficient (Wildman–Crippen LogP) is 5.38. The van der Waals surface area contributed by atoms with Crippen LogP contribution >= 0.6 is 15.9 Å². The van der Waals surface area contributed by atoms with Crippen LogP contribution in [-0.4, -0.2) is 38.0 Å². The smallest absolute Gasteiger partial charge is 0.408 e. The van der Waals surface area contributed by atoms with Crippen molar-refractivity contribution in [2.75, 3.05) is 5.33 Å². The Hall–Kier alpha value is -2.87. The quantitative estimate of drug-likeness (QED) is 0.382. The number of amides is 1. The molecule has 3 rings (SSSR count). The first kappa shape index (κ1) is 22.8. The largest absolute Gasteiger partial charge is 0.489 e. The summed E-state index contributed by atoms with van der Waals surface area (Å²) in [4.78, 5) is 25.2. The molecule has 8 heteroatoms. The Balaban J connectivity index is 1.78. The SMILES string of the molecule is O=C(O)N1[C@@H](c2ccc(OCc3ccccc3F)cc2)CC[C@@]1(C/C=C\CBr)C(=O)O. The van der Waals surface area contributed by atoms with Crippen LogP contribution in [0.4, 0.5) is 9.18 Å². The van der Waals surface area contributed by atoms with Crippen molar-refractivity contribution in [3.8, 4) is 5.75 Å². The molecule has 0 bridgehead atoms. The molecule has 2 N–H and O–H groups in total. The Morgan fingerprint density at radius 1 is 1.16 bits per heavy atom. The van der Waals surface area contributed by atoms with Gasteiger partial charge in [0.25, 0.3) is 0 Å². The lowest BCUT2D eigenvalue weighted by molar-refractivity contribution is -0.149. The lowest BCUT2D eigenvalue weighted by Gasteiger charge is -2.35. The van der Waals surface area contributed by atoms with Crippen molar-refractivity contribution >= 4 is 28.0 Å². The summed E-state index contributed by atoms with van der Waals surface area (Å²) >= 11 is 3.25. The van der Waals surface area contributed by atoms with Crippen molar-refractivity contribution in [1.82, 2.24) is 4.90 Å². The lowest BCUT2D eigenvalue weighted by atomic mass is 9.92. The average Bonchev–Trinajstić information content (AvgIpc) is 3.15. The first-order valence-corrected chi connectivity index (χ1v) is 10.9. The van der Waals surface area contributed by atoms with Gasteiger partial charge in [0.1, 0.15) is 23.7 Å². The molecule has 2 aromatic carbocycles. The van der Waals surface area contributed by atoms with Gasteiger partial charge in [0.2, 0.25) is 0 Å². The van der Waals surface area contributed by atoms with Crippen LogP contribution in [0, 0.1) is 5.82 Å². The third-order valence-corrected chi connectivity index (χ3v) is 5.91. The number of carbonyl (C=O) groups is 2. The zero-order chi connectivity index (χ0) is 22.4. The van der Waals surface area contributed by atoms with Gasteiger partial charge in [0.15, 0.2) is 0 Å². The molecule has 0 saturated carbocycles. The van der Waals surface area contributed by atoms with Gasteiger partial charge in [-0.15, -0.1) is 0 Å². The number of halogens is 2. The Bertz CT molecular complexity index is 965. The van der Waals surface area contributed by atoms with Crippen molar-refractivity contribution in [2.45, 2.75) is 37.5 Å². The van der Waals surface area contributed by atoms with Gasteiger partial charge in [-0.3, -0.25) is 4.90 Å². The van der Waals surface area contributed by atoms with Crippen molar-refractivity contribution in [3.05, 3.63) is 77.6 Å². The van der Waals surface area contributed by atoms with Crippen LogP contribution in [0.5, 0.6) is 5.75 Å². The van der Waals surface area contributed by atoms with Crippen LogP contribution in [0.25, 0.3) is 0 Å². The van der Waals surface area contributed by atoms with Crippen molar-refractivity contribution in [3.63, 3.8) is 0 Å². The van der Waals surface area contributed by atoms with E-state index in [9.17, 15) is 24.2 Å². The number of allylic oxidation sites excluding steroid dienone is 1. The fourth-order valence-corrected chi connectivity index (χ4v) is 4.22. The molecule has 1 fully saturated rings. The highest BCUT2D eigenvalue weighted by atomic mass is 79.9. The van der Waals surface area contributed by atoms with Crippen LogP contribution in [-0.2, 0) is 11.4 Å². The summed E-state index contributed by atoms with van der Waals surface area (Å²) in [5.74, 6) is -0.987.